The molecule has 0 aliphatic rings. The number of alkyl halides is 1. The minimum absolute atomic E-state index is 0.117. The van der Waals surface area contributed by atoms with Crippen LogP contribution in [0, 0.1) is 10.5 Å². The Morgan fingerprint density at radius 1 is 1.45 bits per heavy atom. The van der Waals surface area contributed by atoms with Gasteiger partial charge < -0.3 is 4.57 Å². The van der Waals surface area contributed by atoms with Gasteiger partial charge in [0, 0.05) is 8.45 Å². The summed E-state index contributed by atoms with van der Waals surface area (Å²) in [5.74, 6) is 0.913. The summed E-state index contributed by atoms with van der Waals surface area (Å²) < 4.78 is 3.38. The van der Waals surface area contributed by atoms with Crippen molar-refractivity contribution < 1.29 is 0 Å². The lowest BCUT2D eigenvalue weighted by Crippen LogP contribution is -2.05. The Balaban J connectivity index is 2.16. The van der Waals surface area contributed by atoms with E-state index in [0.29, 0.717) is 0 Å². The summed E-state index contributed by atoms with van der Waals surface area (Å²) in [4.78, 5) is 10.3. The van der Waals surface area contributed by atoms with Gasteiger partial charge in [0.1, 0.15) is 5.82 Å². The number of hydrogen-bond donors (Lipinski definition) is 0. The van der Waals surface area contributed by atoms with Gasteiger partial charge in [0.2, 0.25) is 0 Å². The van der Waals surface area contributed by atoms with Crippen LogP contribution in [0.1, 0.15) is 28.7 Å². The Morgan fingerprint density at radius 3 is 2.90 bits per heavy atom. The molecule has 2 heterocycles. The van der Waals surface area contributed by atoms with Crippen molar-refractivity contribution in [1.82, 2.24) is 14.5 Å². The van der Waals surface area contributed by atoms with Gasteiger partial charge in [0.05, 0.1) is 34.2 Å². The van der Waals surface area contributed by atoms with Crippen molar-refractivity contribution in [2.24, 2.45) is 0 Å². The largest absolute Gasteiger partial charge is 0.321 e. The van der Waals surface area contributed by atoms with Gasteiger partial charge in [-0.1, -0.05) is 0 Å². The molecule has 3 rings (SSSR count). The predicted octanol–water partition coefficient (Wildman–Crippen LogP) is 4.75. The zero-order valence-electron chi connectivity index (χ0n) is 11.1. The highest BCUT2D eigenvalue weighted by Gasteiger charge is 2.16. The number of nitrogens with zero attached hydrogens (tertiary/aromatic N) is 3. The van der Waals surface area contributed by atoms with Crippen LogP contribution in [0.2, 0.25) is 0 Å². The number of thiazole rings is 1. The number of hydrogen-bond acceptors (Lipinski definition) is 3. The summed E-state index contributed by atoms with van der Waals surface area (Å²) >= 11 is 10.3. The van der Waals surface area contributed by atoms with E-state index >= 15 is 0 Å². The highest BCUT2D eigenvalue weighted by atomic mass is 127. The highest BCUT2D eigenvalue weighted by Crippen LogP contribution is 2.27. The summed E-state index contributed by atoms with van der Waals surface area (Å²) in [5.41, 5.74) is 5.09. The molecule has 1 unspecified atom stereocenters. The molecular weight excluding hydrogens is 405 g/mol. The predicted molar refractivity (Wildman–Crippen MR) is 92.7 cm³/mol. The number of halogens is 2. The van der Waals surface area contributed by atoms with E-state index in [1.54, 1.807) is 11.3 Å². The van der Waals surface area contributed by atoms with Gasteiger partial charge in [-0.05, 0) is 54.6 Å². The van der Waals surface area contributed by atoms with Crippen molar-refractivity contribution in [2.75, 3.05) is 0 Å². The first kappa shape index (κ1) is 14.3. The standard InChI is InChI=1S/C14H13ClIN3S/c1-8(15)14-18-11-5-10(16)3-4-12(11)19(14)6-13-9(2)17-7-20-13/h3-5,7-8H,6H2,1-2H3. The number of aromatic nitrogens is 3. The Labute approximate surface area is 140 Å². The van der Waals surface area contributed by atoms with Crippen molar-refractivity contribution in [3.8, 4) is 0 Å². The van der Waals surface area contributed by atoms with Crippen molar-refractivity contribution >= 4 is 56.6 Å². The molecule has 0 saturated heterocycles. The molecular formula is C14H13ClIN3S. The zero-order chi connectivity index (χ0) is 14.3. The van der Waals surface area contributed by atoms with Gasteiger partial charge in [0.25, 0.3) is 0 Å². The first-order chi connectivity index (χ1) is 9.56. The summed E-state index contributed by atoms with van der Waals surface area (Å²) in [5, 5.41) is -0.117. The smallest absolute Gasteiger partial charge is 0.128 e. The van der Waals surface area contributed by atoms with Crippen LogP contribution in [0.15, 0.2) is 23.7 Å². The van der Waals surface area contributed by atoms with E-state index in [-0.39, 0.29) is 5.38 Å². The van der Waals surface area contributed by atoms with Crippen LogP contribution in [-0.4, -0.2) is 14.5 Å². The number of aryl methyl sites for hydroxylation is 1. The first-order valence-corrected chi connectivity index (χ1v) is 8.64. The minimum Gasteiger partial charge on any atom is -0.321 e. The van der Waals surface area contributed by atoms with Crippen LogP contribution in [0.4, 0.5) is 0 Å². The quantitative estimate of drug-likeness (QED) is 0.455. The summed E-state index contributed by atoms with van der Waals surface area (Å²) in [6.07, 6.45) is 0. The molecule has 0 aliphatic carbocycles. The number of imidazole rings is 1. The monoisotopic (exact) mass is 417 g/mol. The Morgan fingerprint density at radius 2 is 2.25 bits per heavy atom. The lowest BCUT2D eigenvalue weighted by Gasteiger charge is -2.09. The second-order valence-electron chi connectivity index (χ2n) is 4.67. The van der Waals surface area contributed by atoms with E-state index in [0.717, 1.165) is 29.1 Å². The number of rotatable bonds is 3. The minimum atomic E-state index is -0.117. The SMILES string of the molecule is Cc1ncsc1Cn1c(C(C)Cl)nc2cc(I)ccc21. The van der Waals surface area contributed by atoms with Crippen molar-refractivity contribution in [3.63, 3.8) is 0 Å². The van der Waals surface area contributed by atoms with Gasteiger partial charge in [-0.15, -0.1) is 22.9 Å². The van der Waals surface area contributed by atoms with Crippen LogP contribution >= 0.6 is 45.5 Å². The van der Waals surface area contributed by atoms with E-state index < -0.39 is 0 Å². The third-order valence-electron chi connectivity index (χ3n) is 3.24. The maximum Gasteiger partial charge on any atom is 0.128 e. The maximum absolute atomic E-state index is 6.30. The molecule has 0 fully saturated rings. The molecule has 1 aromatic carbocycles. The molecule has 0 amide bonds. The Kier molecular flexibility index (Phi) is 4.01. The number of benzene rings is 1. The van der Waals surface area contributed by atoms with Gasteiger partial charge >= 0.3 is 0 Å². The average Bonchev–Trinajstić information content (AvgIpc) is 2.95. The van der Waals surface area contributed by atoms with Crippen LogP contribution in [0.5, 0.6) is 0 Å². The van der Waals surface area contributed by atoms with Crippen LogP contribution in [-0.2, 0) is 6.54 Å². The van der Waals surface area contributed by atoms with Crippen molar-refractivity contribution in [2.45, 2.75) is 25.8 Å². The summed E-state index contributed by atoms with van der Waals surface area (Å²) in [6, 6.07) is 6.31. The van der Waals surface area contributed by atoms with Crippen LogP contribution < -0.4 is 0 Å². The molecule has 104 valence electrons. The lowest BCUT2D eigenvalue weighted by molar-refractivity contribution is 0.746. The fraction of sp³-hybridized carbons (Fsp3) is 0.286. The fourth-order valence-corrected chi connectivity index (χ4v) is 3.62. The third kappa shape index (κ3) is 2.58. The molecule has 0 bridgehead atoms. The molecule has 3 nitrogen and oxygen atoms in total. The third-order valence-corrected chi connectivity index (χ3v) is 5.03. The van der Waals surface area contributed by atoms with Crippen LogP contribution in [0.3, 0.4) is 0 Å². The molecule has 0 spiro atoms. The molecule has 20 heavy (non-hydrogen) atoms. The van der Waals surface area contributed by atoms with Crippen molar-refractivity contribution in [3.05, 3.63) is 43.7 Å². The molecule has 6 heteroatoms. The first-order valence-electron chi connectivity index (χ1n) is 6.25. The molecule has 2 aromatic heterocycles. The van der Waals surface area contributed by atoms with Gasteiger partial charge in [-0.2, -0.15) is 0 Å². The summed E-state index contributed by atoms with van der Waals surface area (Å²) in [6.45, 7) is 4.78. The van der Waals surface area contributed by atoms with E-state index in [1.807, 2.05) is 19.4 Å². The molecule has 1 atom stereocenters. The Bertz CT molecular complexity index is 763. The molecule has 0 saturated carbocycles. The summed E-state index contributed by atoms with van der Waals surface area (Å²) in [7, 11) is 0. The Hall–Kier alpha value is -0.660. The van der Waals surface area contributed by atoms with E-state index in [9.17, 15) is 0 Å². The zero-order valence-corrected chi connectivity index (χ0v) is 14.8. The van der Waals surface area contributed by atoms with Gasteiger partial charge in [-0.3, -0.25) is 0 Å². The van der Waals surface area contributed by atoms with E-state index in [1.165, 1.54) is 8.45 Å². The van der Waals surface area contributed by atoms with E-state index in [4.69, 9.17) is 16.6 Å². The number of fused-ring (bicyclic) bond motifs is 1. The molecule has 3 aromatic rings. The van der Waals surface area contributed by atoms with Gasteiger partial charge in [-0.25, -0.2) is 9.97 Å². The normalized spacial score (nSPS) is 13.0. The molecule has 0 aliphatic heterocycles. The van der Waals surface area contributed by atoms with Gasteiger partial charge in [0.15, 0.2) is 0 Å². The van der Waals surface area contributed by atoms with Crippen LogP contribution in [0.25, 0.3) is 11.0 Å². The molecule has 0 N–H and O–H groups in total. The lowest BCUT2D eigenvalue weighted by atomic mass is 10.3. The highest BCUT2D eigenvalue weighted by molar-refractivity contribution is 14.1. The van der Waals surface area contributed by atoms with E-state index in [2.05, 4.69) is 50.3 Å². The fourth-order valence-electron chi connectivity index (χ4n) is 2.21. The topological polar surface area (TPSA) is 30.7 Å². The second kappa shape index (κ2) is 5.61. The average molecular weight is 418 g/mol. The van der Waals surface area contributed by atoms with Crippen molar-refractivity contribution in [1.29, 1.82) is 0 Å². The second-order valence-corrected chi connectivity index (χ2v) is 7.51. The molecule has 0 radical (unpaired) electrons. The maximum atomic E-state index is 6.30.